The lowest BCUT2D eigenvalue weighted by molar-refractivity contribution is -0.154. The van der Waals surface area contributed by atoms with E-state index in [0.717, 1.165) is 7.11 Å². The molecule has 0 aromatic heterocycles. The van der Waals surface area contributed by atoms with Crippen LogP contribution < -0.4 is 0 Å². The highest BCUT2D eigenvalue weighted by Gasteiger charge is 2.60. The number of rotatable bonds is 3. The second-order valence-corrected chi connectivity index (χ2v) is 3.83. The summed E-state index contributed by atoms with van der Waals surface area (Å²) < 4.78 is 41.3. The molecule has 17 heavy (non-hydrogen) atoms. The number of carbonyl (C=O) groups excluding carboxylic acids is 1. The molecule has 4 unspecified atom stereocenters. The molecule has 0 saturated heterocycles. The van der Waals surface area contributed by atoms with Crippen molar-refractivity contribution in [1.29, 1.82) is 10.5 Å². The Morgan fingerprint density at radius 3 is 2.29 bits per heavy atom. The van der Waals surface area contributed by atoms with Crippen LogP contribution in [0.15, 0.2) is 0 Å². The smallest absolute Gasteiger partial charge is 0.392 e. The molecular formula is C10H9F3N2O2. The third-order valence-electron chi connectivity index (χ3n) is 2.82. The van der Waals surface area contributed by atoms with E-state index in [4.69, 9.17) is 10.5 Å². The molecule has 0 heterocycles. The van der Waals surface area contributed by atoms with Crippen molar-refractivity contribution in [3.63, 3.8) is 0 Å². The highest BCUT2D eigenvalue weighted by Crippen LogP contribution is 2.55. The average molecular weight is 246 g/mol. The van der Waals surface area contributed by atoms with Gasteiger partial charge < -0.3 is 4.74 Å². The van der Waals surface area contributed by atoms with Crippen LogP contribution in [-0.4, -0.2) is 19.3 Å². The van der Waals surface area contributed by atoms with Crippen LogP contribution in [-0.2, 0) is 9.53 Å². The summed E-state index contributed by atoms with van der Waals surface area (Å²) in [4.78, 5) is 11.2. The first-order chi connectivity index (χ1) is 7.86. The zero-order chi connectivity index (χ0) is 13.2. The zero-order valence-electron chi connectivity index (χ0n) is 8.86. The van der Waals surface area contributed by atoms with Crippen LogP contribution in [0, 0.1) is 46.3 Å². The molecule has 0 amide bonds. The number of methoxy groups -OCH3 is 1. The van der Waals surface area contributed by atoms with Gasteiger partial charge in [0.15, 0.2) is 5.92 Å². The molecule has 1 aliphatic rings. The molecule has 0 spiro atoms. The van der Waals surface area contributed by atoms with E-state index in [1.54, 1.807) is 6.07 Å². The number of halogens is 3. The predicted molar refractivity (Wildman–Crippen MR) is 47.9 cm³/mol. The van der Waals surface area contributed by atoms with E-state index in [0.29, 0.717) is 0 Å². The molecule has 92 valence electrons. The Bertz CT molecular complexity index is 394. The Hall–Kier alpha value is -1.76. The quantitative estimate of drug-likeness (QED) is 0.709. The molecule has 1 aliphatic carbocycles. The lowest BCUT2D eigenvalue weighted by atomic mass is 9.89. The molecule has 0 N–H and O–H groups in total. The maximum Gasteiger partial charge on any atom is 0.392 e. The highest BCUT2D eigenvalue weighted by molar-refractivity contribution is 5.76. The molecule has 1 fully saturated rings. The van der Waals surface area contributed by atoms with Gasteiger partial charge in [-0.2, -0.15) is 23.7 Å². The van der Waals surface area contributed by atoms with Crippen LogP contribution in [0.3, 0.4) is 0 Å². The van der Waals surface area contributed by atoms with E-state index in [-0.39, 0.29) is 6.42 Å². The molecular weight excluding hydrogens is 237 g/mol. The summed E-state index contributed by atoms with van der Waals surface area (Å²) in [5.74, 6) is -6.26. The Labute approximate surface area is 95.6 Å². The van der Waals surface area contributed by atoms with Crippen molar-refractivity contribution in [2.45, 2.75) is 12.6 Å². The Morgan fingerprint density at radius 2 is 2.00 bits per heavy atom. The Balaban J connectivity index is 2.79. The summed E-state index contributed by atoms with van der Waals surface area (Å²) in [5.41, 5.74) is 0. The average Bonchev–Trinajstić information content (AvgIpc) is 3.03. The minimum absolute atomic E-state index is 0.211. The van der Waals surface area contributed by atoms with Crippen molar-refractivity contribution in [1.82, 2.24) is 0 Å². The summed E-state index contributed by atoms with van der Waals surface area (Å²) >= 11 is 0. The number of hydrogen-bond donors (Lipinski definition) is 0. The van der Waals surface area contributed by atoms with Gasteiger partial charge in [-0.15, -0.1) is 0 Å². The maximum atomic E-state index is 12.3. The van der Waals surface area contributed by atoms with Gasteiger partial charge in [0, 0.05) is 0 Å². The fourth-order valence-corrected chi connectivity index (χ4v) is 1.81. The number of esters is 1. The first-order valence-electron chi connectivity index (χ1n) is 4.80. The second kappa shape index (κ2) is 4.62. The van der Waals surface area contributed by atoms with Crippen LogP contribution in [0.5, 0.6) is 0 Å². The molecule has 4 nitrogen and oxygen atoms in total. The van der Waals surface area contributed by atoms with E-state index in [1.165, 1.54) is 6.07 Å². The lowest BCUT2D eigenvalue weighted by Crippen LogP contribution is -2.26. The van der Waals surface area contributed by atoms with E-state index in [9.17, 15) is 18.0 Å². The van der Waals surface area contributed by atoms with Gasteiger partial charge in [0.05, 0.1) is 31.1 Å². The van der Waals surface area contributed by atoms with Crippen molar-refractivity contribution in [3.8, 4) is 12.1 Å². The largest absolute Gasteiger partial charge is 0.468 e. The summed E-state index contributed by atoms with van der Waals surface area (Å²) in [5, 5.41) is 17.5. The van der Waals surface area contributed by atoms with Crippen molar-refractivity contribution >= 4 is 5.97 Å². The van der Waals surface area contributed by atoms with Gasteiger partial charge in [-0.3, -0.25) is 4.79 Å². The van der Waals surface area contributed by atoms with Gasteiger partial charge in [0.25, 0.3) is 0 Å². The second-order valence-electron chi connectivity index (χ2n) is 3.83. The van der Waals surface area contributed by atoms with E-state index in [1.807, 2.05) is 0 Å². The normalized spacial score (nSPS) is 26.2. The van der Waals surface area contributed by atoms with Gasteiger partial charge in [-0.05, 0) is 12.3 Å². The molecule has 0 bridgehead atoms. The number of hydrogen-bond acceptors (Lipinski definition) is 4. The van der Waals surface area contributed by atoms with Crippen molar-refractivity contribution < 1.29 is 22.7 Å². The van der Waals surface area contributed by atoms with E-state index < -0.39 is 35.8 Å². The number of carbonyl (C=O) groups is 1. The minimum Gasteiger partial charge on any atom is -0.468 e. The summed E-state index contributed by atoms with van der Waals surface area (Å²) in [6.45, 7) is 0. The summed E-state index contributed by atoms with van der Waals surface area (Å²) in [7, 11) is 1.02. The number of ether oxygens (including phenoxy) is 1. The standard InChI is InChI=1S/C10H9F3N2O2/c1-17-9(16)7(4-15)6(3-14)5-2-8(5)10(11,12)13/h5-8H,2H2,1H3. The molecule has 1 rings (SSSR count). The minimum atomic E-state index is -4.38. The maximum absolute atomic E-state index is 12.3. The topological polar surface area (TPSA) is 73.9 Å². The molecule has 0 aliphatic heterocycles. The predicted octanol–water partition coefficient (Wildman–Crippen LogP) is 1.64. The van der Waals surface area contributed by atoms with Crippen LogP contribution in [0.25, 0.3) is 0 Å². The van der Waals surface area contributed by atoms with Gasteiger partial charge in [-0.1, -0.05) is 0 Å². The fraction of sp³-hybridized carbons (Fsp3) is 0.700. The first-order valence-corrected chi connectivity index (χ1v) is 4.80. The SMILES string of the molecule is COC(=O)C(C#N)C(C#N)C1CC1C(F)(F)F. The van der Waals surface area contributed by atoms with Crippen molar-refractivity contribution in [2.75, 3.05) is 7.11 Å². The van der Waals surface area contributed by atoms with Crippen LogP contribution in [0.1, 0.15) is 6.42 Å². The molecule has 7 heteroatoms. The monoisotopic (exact) mass is 246 g/mol. The summed E-state index contributed by atoms with van der Waals surface area (Å²) in [6.07, 6.45) is -4.59. The molecule has 0 aromatic rings. The Kier molecular flexibility index (Phi) is 3.62. The first kappa shape index (κ1) is 13.3. The third-order valence-corrected chi connectivity index (χ3v) is 2.82. The molecule has 1 saturated carbocycles. The zero-order valence-corrected chi connectivity index (χ0v) is 8.86. The highest BCUT2D eigenvalue weighted by atomic mass is 19.4. The Morgan fingerprint density at radius 1 is 1.41 bits per heavy atom. The number of alkyl halides is 3. The van der Waals surface area contributed by atoms with Crippen LogP contribution in [0.2, 0.25) is 0 Å². The van der Waals surface area contributed by atoms with E-state index >= 15 is 0 Å². The van der Waals surface area contributed by atoms with Gasteiger partial charge >= 0.3 is 12.1 Å². The summed E-state index contributed by atoms with van der Waals surface area (Å²) in [6, 6.07) is 3.14. The third kappa shape index (κ3) is 2.68. The van der Waals surface area contributed by atoms with E-state index in [2.05, 4.69) is 4.74 Å². The molecule has 4 atom stereocenters. The van der Waals surface area contributed by atoms with Gasteiger partial charge in [-0.25, -0.2) is 0 Å². The van der Waals surface area contributed by atoms with Crippen molar-refractivity contribution in [2.24, 2.45) is 23.7 Å². The molecule has 0 radical (unpaired) electrons. The van der Waals surface area contributed by atoms with Gasteiger partial charge in [0.2, 0.25) is 0 Å². The number of nitrogens with zero attached hydrogens (tertiary/aromatic N) is 2. The van der Waals surface area contributed by atoms with Crippen LogP contribution >= 0.6 is 0 Å². The van der Waals surface area contributed by atoms with Crippen molar-refractivity contribution in [3.05, 3.63) is 0 Å². The molecule has 0 aromatic carbocycles. The van der Waals surface area contributed by atoms with Crippen LogP contribution in [0.4, 0.5) is 13.2 Å². The number of nitriles is 2. The van der Waals surface area contributed by atoms with Gasteiger partial charge in [0.1, 0.15) is 0 Å². The fourth-order valence-electron chi connectivity index (χ4n) is 1.81. The lowest BCUT2D eigenvalue weighted by Gasteiger charge is -2.13.